The number of hydrogen-bond donors (Lipinski definition) is 0. The Morgan fingerprint density at radius 2 is 2.12 bits per heavy atom. The highest BCUT2D eigenvalue weighted by Gasteiger charge is 2.28. The van der Waals surface area contributed by atoms with Crippen molar-refractivity contribution in [1.29, 1.82) is 0 Å². The molecule has 0 bridgehead atoms. The van der Waals surface area contributed by atoms with Crippen molar-refractivity contribution in [2.24, 2.45) is 0 Å². The second-order valence-corrected chi connectivity index (χ2v) is 6.15. The Labute approximate surface area is 142 Å². The molecule has 1 aliphatic rings. The fourth-order valence-corrected chi connectivity index (χ4v) is 3.14. The second kappa shape index (κ2) is 7.45. The van der Waals surface area contributed by atoms with E-state index >= 15 is 0 Å². The lowest BCUT2D eigenvalue weighted by Gasteiger charge is -2.39. The topological polar surface area (TPSA) is 45.7 Å². The molecule has 0 spiro atoms. The van der Waals surface area contributed by atoms with Crippen LogP contribution in [-0.2, 0) is 6.54 Å². The summed E-state index contributed by atoms with van der Waals surface area (Å²) in [5.41, 5.74) is 1.75. The van der Waals surface area contributed by atoms with Crippen LogP contribution in [0.5, 0.6) is 5.75 Å². The molecule has 0 aliphatic carbocycles. The number of amides is 1. The van der Waals surface area contributed by atoms with Crippen LogP contribution in [0, 0.1) is 0 Å². The van der Waals surface area contributed by atoms with Gasteiger partial charge in [0.05, 0.1) is 7.11 Å². The van der Waals surface area contributed by atoms with E-state index in [1.807, 2.05) is 29.2 Å². The summed E-state index contributed by atoms with van der Waals surface area (Å²) in [7, 11) is 1.68. The largest absolute Gasteiger partial charge is 0.497 e. The molecular weight excluding hydrogens is 302 g/mol. The number of aromatic nitrogens is 1. The van der Waals surface area contributed by atoms with Crippen LogP contribution in [0.4, 0.5) is 0 Å². The van der Waals surface area contributed by atoms with Crippen LogP contribution in [0.1, 0.15) is 23.0 Å². The van der Waals surface area contributed by atoms with Crippen LogP contribution < -0.4 is 4.74 Å². The number of methoxy groups -OCH3 is 1. The summed E-state index contributed by atoms with van der Waals surface area (Å²) in [6.45, 7) is 5.40. The Balaban J connectivity index is 1.61. The molecule has 2 aromatic rings. The van der Waals surface area contributed by atoms with Gasteiger partial charge in [-0.25, -0.2) is 0 Å². The van der Waals surface area contributed by atoms with Gasteiger partial charge in [-0.2, -0.15) is 0 Å². The zero-order chi connectivity index (χ0) is 16.9. The van der Waals surface area contributed by atoms with Crippen LogP contribution in [0.15, 0.2) is 48.7 Å². The van der Waals surface area contributed by atoms with Gasteiger partial charge in [0, 0.05) is 38.4 Å². The highest BCUT2D eigenvalue weighted by Crippen LogP contribution is 2.18. The number of benzene rings is 1. The van der Waals surface area contributed by atoms with Crippen molar-refractivity contribution in [3.8, 4) is 5.75 Å². The summed E-state index contributed by atoms with van der Waals surface area (Å²) in [5.74, 6) is 0.897. The van der Waals surface area contributed by atoms with Gasteiger partial charge in [-0.05, 0) is 36.8 Å². The van der Waals surface area contributed by atoms with Gasteiger partial charge in [-0.3, -0.25) is 14.7 Å². The fourth-order valence-electron chi connectivity index (χ4n) is 3.14. The average molecular weight is 325 g/mol. The van der Waals surface area contributed by atoms with E-state index < -0.39 is 0 Å². The van der Waals surface area contributed by atoms with Gasteiger partial charge in [0.2, 0.25) is 0 Å². The molecule has 1 aliphatic heterocycles. The van der Waals surface area contributed by atoms with Crippen molar-refractivity contribution >= 4 is 5.91 Å². The van der Waals surface area contributed by atoms with Crippen molar-refractivity contribution in [2.75, 3.05) is 26.7 Å². The molecule has 3 rings (SSSR count). The smallest absolute Gasteiger partial charge is 0.272 e. The van der Waals surface area contributed by atoms with E-state index in [4.69, 9.17) is 4.74 Å². The SMILES string of the molecule is COc1cccc(CN2CCN(C(=O)c3ccccn3)[C@@H](C)C2)c1. The molecular formula is C19H23N3O2. The number of ether oxygens (including phenoxy) is 1. The van der Waals surface area contributed by atoms with E-state index in [0.29, 0.717) is 5.69 Å². The second-order valence-electron chi connectivity index (χ2n) is 6.15. The van der Waals surface area contributed by atoms with E-state index in [0.717, 1.165) is 31.9 Å². The van der Waals surface area contributed by atoms with Gasteiger partial charge >= 0.3 is 0 Å². The molecule has 1 saturated heterocycles. The number of carbonyl (C=O) groups is 1. The zero-order valence-corrected chi connectivity index (χ0v) is 14.2. The van der Waals surface area contributed by atoms with E-state index in [9.17, 15) is 4.79 Å². The predicted octanol–water partition coefficient (Wildman–Crippen LogP) is 2.44. The van der Waals surface area contributed by atoms with Crippen molar-refractivity contribution in [1.82, 2.24) is 14.8 Å². The minimum atomic E-state index is 0.0177. The van der Waals surface area contributed by atoms with Crippen LogP contribution in [0.3, 0.4) is 0 Å². The Bertz CT molecular complexity index is 690. The molecule has 5 nitrogen and oxygen atoms in total. The normalized spacial score (nSPS) is 18.4. The Morgan fingerprint density at radius 1 is 1.25 bits per heavy atom. The lowest BCUT2D eigenvalue weighted by atomic mass is 10.1. The van der Waals surface area contributed by atoms with Crippen molar-refractivity contribution in [3.05, 3.63) is 59.9 Å². The number of nitrogens with zero attached hydrogens (tertiary/aromatic N) is 3. The van der Waals surface area contributed by atoms with Crippen molar-refractivity contribution in [3.63, 3.8) is 0 Å². The molecule has 24 heavy (non-hydrogen) atoms. The minimum Gasteiger partial charge on any atom is -0.497 e. The molecule has 126 valence electrons. The number of carbonyl (C=O) groups excluding carboxylic acids is 1. The molecule has 1 atom stereocenters. The quantitative estimate of drug-likeness (QED) is 0.866. The first kappa shape index (κ1) is 16.5. The monoisotopic (exact) mass is 325 g/mol. The Hall–Kier alpha value is -2.40. The first-order chi connectivity index (χ1) is 11.7. The summed E-state index contributed by atoms with van der Waals surface area (Å²) < 4.78 is 5.28. The van der Waals surface area contributed by atoms with Crippen LogP contribution in [0.2, 0.25) is 0 Å². The molecule has 1 fully saturated rings. The predicted molar refractivity (Wildman–Crippen MR) is 93.0 cm³/mol. The summed E-state index contributed by atoms with van der Waals surface area (Å²) >= 11 is 0. The van der Waals surface area contributed by atoms with E-state index in [2.05, 4.69) is 28.9 Å². The van der Waals surface area contributed by atoms with E-state index in [1.54, 1.807) is 19.4 Å². The molecule has 1 amide bonds. The summed E-state index contributed by atoms with van der Waals surface area (Å²) in [5, 5.41) is 0. The number of hydrogen-bond acceptors (Lipinski definition) is 4. The third-order valence-electron chi connectivity index (χ3n) is 4.40. The fraction of sp³-hybridized carbons (Fsp3) is 0.368. The maximum Gasteiger partial charge on any atom is 0.272 e. The lowest BCUT2D eigenvalue weighted by Crippen LogP contribution is -2.53. The summed E-state index contributed by atoms with van der Waals surface area (Å²) in [6, 6.07) is 13.8. The molecule has 2 heterocycles. The highest BCUT2D eigenvalue weighted by atomic mass is 16.5. The van der Waals surface area contributed by atoms with Crippen molar-refractivity contribution in [2.45, 2.75) is 19.5 Å². The van der Waals surface area contributed by atoms with Crippen LogP contribution in [0.25, 0.3) is 0 Å². The first-order valence-corrected chi connectivity index (χ1v) is 8.24. The third kappa shape index (κ3) is 3.74. The molecule has 1 aromatic heterocycles. The van der Waals surface area contributed by atoms with Gasteiger partial charge in [-0.15, -0.1) is 0 Å². The molecule has 0 N–H and O–H groups in total. The molecule has 0 radical (unpaired) electrons. The third-order valence-corrected chi connectivity index (χ3v) is 4.40. The standard InChI is InChI=1S/C19H23N3O2/c1-15-13-21(14-16-6-5-7-17(12-16)24-2)10-11-22(15)19(23)18-8-3-4-9-20-18/h3-9,12,15H,10-11,13-14H2,1-2H3/t15-/m0/s1. The Morgan fingerprint density at radius 3 is 2.83 bits per heavy atom. The maximum absolute atomic E-state index is 12.6. The van der Waals surface area contributed by atoms with Crippen LogP contribution in [-0.4, -0.2) is 53.5 Å². The van der Waals surface area contributed by atoms with Gasteiger partial charge in [0.25, 0.3) is 5.91 Å². The Kier molecular flexibility index (Phi) is 5.11. The minimum absolute atomic E-state index is 0.0177. The molecule has 0 unspecified atom stereocenters. The molecule has 1 aromatic carbocycles. The summed E-state index contributed by atoms with van der Waals surface area (Å²) in [4.78, 5) is 21.1. The lowest BCUT2D eigenvalue weighted by molar-refractivity contribution is 0.0470. The van der Waals surface area contributed by atoms with E-state index in [1.165, 1.54) is 5.56 Å². The van der Waals surface area contributed by atoms with E-state index in [-0.39, 0.29) is 11.9 Å². The average Bonchev–Trinajstić information content (AvgIpc) is 2.62. The van der Waals surface area contributed by atoms with Gasteiger partial charge in [0.1, 0.15) is 11.4 Å². The van der Waals surface area contributed by atoms with Crippen LogP contribution >= 0.6 is 0 Å². The van der Waals surface area contributed by atoms with Gasteiger partial charge in [-0.1, -0.05) is 18.2 Å². The number of rotatable bonds is 4. The maximum atomic E-state index is 12.6. The zero-order valence-electron chi connectivity index (χ0n) is 14.2. The van der Waals surface area contributed by atoms with Gasteiger partial charge in [0.15, 0.2) is 0 Å². The number of pyridine rings is 1. The molecule has 5 heteroatoms. The van der Waals surface area contributed by atoms with Gasteiger partial charge < -0.3 is 9.64 Å². The highest BCUT2D eigenvalue weighted by molar-refractivity contribution is 5.92. The number of piperazine rings is 1. The van der Waals surface area contributed by atoms with Crippen molar-refractivity contribution < 1.29 is 9.53 Å². The summed E-state index contributed by atoms with van der Waals surface area (Å²) in [6.07, 6.45) is 1.66. The first-order valence-electron chi connectivity index (χ1n) is 8.24. The molecule has 0 saturated carbocycles.